The molecule has 0 amide bonds. The van der Waals surface area contributed by atoms with Gasteiger partial charge in [-0.05, 0) is 109 Å². The highest BCUT2D eigenvalue weighted by atomic mass is 32.1. The van der Waals surface area contributed by atoms with Gasteiger partial charge in [-0.1, -0.05) is 61.1 Å². The molecule has 6 aromatic rings. The Bertz CT molecular complexity index is 2320. The fraction of sp³-hybridized carbons (Fsp3) is 0.273. The van der Waals surface area contributed by atoms with E-state index in [1.54, 1.807) is 60.9 Å². The Morgan fingerprint density at radius 1 is 0.891 bits per heavy atom. The number of aryl methyl sites for hydroxylation is 2. The van der Waals surface area contributed by atoms with Gasteiger partial charge in [0, 0.05) is 18.5 Å². The molecule has 1 aliphatic rings. The molecule has 1 atom stereocenters. The molecular formula is C44H43N3O7S. The number of anilines is 1. The molecule has 10 nitrogen and oxygen atoms in total. The highest BCUT2D eigenvalue weighted by molar-refractivity contribution is 7.22. The zero-order valence-corrected chi connectivity index (χ0v) is 32.1. The number of nitrogens with zero attached hydrogens (tertiary/aromatic N) is 3. The first-order valence-corrected chi connectivity index (χ1v) is 19.2. The lowest BCUT2D eigenvalue weighted by Crippen LogP contribution is -2.19. The van der Waals surface area contributed by atoms with Crippen LogP contribution in [0.25, 0.3) is 21.0 Å². The highest BCUT2D eigenvalue weighted by Crippen LogP contribution is 2.30. The number of epoxide rings is 1. The van der Waals surface area contributed by atoms with Gasteiger partial charge in [0.15, 0.2) is 6.29 Å². The second-order valence-corrected chi connectivity index (χ2v) is 14.9. The Morgan fingerprint density at radius 3 is 2.40 bits per heavy atom. The molecule has 282 valence electrons. The van der Waals surface area contributed by atoms with Crippen molar-refractivity contribution in [3.8, 4) is 17.2 Å². The minimum Gasteiger partial charge on any atom is -0.493 e. The van der Waals surface area contributed by atoms with E-state index in [2.05, 4.69) is 19.9 Å². The van der Waals surface area contributed by atoms with Gasteiger partial charge in [-0.15, -0.1) is 0 Å². The quantitative estimate of drug-likeness (QED) is 0.0238. The predicted molar refractivity (Wildman–Crippen MR) is 216 cm³/mol. The number of thiazole rings is 1. The predicted octanol–water partition coefficient (Wildman–Crippen LogP) is 9.53. The van der Waals surface area contributed by atoms with Crippen molar-refractivity contribution in [2.75, 3.05) is 31.4 Å². The third-order valence-electron chi connectivity index (χ3n) is 8.95. The Kier molecular flexibility index (Phi) is 11.8. The number of para-hydroxylation sites is 1. The van der Waals surface area contributed by atoms with Crippen molar-refractivity contribution in [2.24, 2.45) is 11.0 Å². The molecule has 11 heteroatoms. The number of hydrogen-bond acceptors (Lipinski definition) is 11. The summed E-state index contributed by atoms with van der Waals surface area (Å²) in [5, 5.41) is 9.38. The van der Waals surface area contributed by atoms with E-state index in [4.69, 9.17) is 33.8 Å². The van der Waals surface area contributed by atoms with Crippen LogP contribution >= 0.6 is 11.3 Å². The molecule has 1 aliphatic heterocycles. The Labute approximate surface area is 324 Å². The molecule has 55 heavy (non-hydrogen) atoms. The molecule has 0 bridgehead atoms. The van der Waals surface area contributed by atoms with Crippen LogP contribution in [-0.2, 0) is 9.47 Å². The lowest BCUT2D eigenvalue weighted by molar-refractivity contribution is 0.0434. The first-order chi connectivity index (χ1) is 26.7. The van der Waals surface area contributed by atoms with Crippen molar-refractivity contribution in [3.63, 3.8) is 0 Å². The van der Waals surface area contributed by atoms with Crippen molar-refractivity contribution in [3.05, 3.63) is 125 Å². The normalized spacial score (nSPS) is 13.8. The van der Waals surface area contributed by atoms with Crippen LogP contribution in [0.4, 0.5) is 5.13 Å². The summed E-state index contributed by atoms with van der Waals surface area (Å²) in [6.07, 6.45) is 3.37. The zero-order valence-electron chi connectivity index (χ0n) is 31.3. The lowest BCUT2D eigenvalue weighted by Gasteiger charge is -2.17. The summed E-state index contributed by atoms with van der Waals surface area (Å²) < 4.78 is 29.1. The summed E-state index contributed by atoms with van der Waals surface area (Å²) in [5.74, 6) is 0.917. The van der Waals surface area contributed by atoms with Crippen LogP contribution in [0.5, 0.6) is 17.2 Å². The van der Waals surface area contributed by atoms with Crippen molar-refractivity contribution in [1.82, 2.24) is 4.98 Å². The molecule has 1 unspecified atom stereocenters. The number of rotatable bonds is 16. The molecule has 7 rings (SSSR count). The summed E-state index contributed by atoms with van der Waals surface area (Å²) in [4.78, 5) is 31.5. The van der Waals surface area contributed by atoms with Crippen LogP contribution in [-0.4, -0.2) is 55.8 Å². The van der Waals surface area contributed by atoms with Crippen LogP contribution < -0.4 is 19.2 Å². The fourth-order valence-electron chi connectivity index (χ4n) is 5.80. The number of carbonyl (C=O) groups excluding carboxylic acids is 2. The average molecular weight is 758 g/mol. The van der Waals surface area contributed by atoms with Crippen LogP contribution in [0, 0.1) is 19.8 Å². The maximum atomic E-state index is 13.4. The topological polar surface area (TPSA) is 112 Å². The van der Waals surface area contributed by atoms with Crippen molar-refractivity contribution in [1.29, 1.82) is 0 Å². The van der Waals surface area contributed by atoms with E-state index in [1.807, 2.05) is 66.5 Å². The molecule has 0 aliphatic carbocycles. The number of fused-ring (bicyclic) bond motifs is 2. The molecule has 2 heterocycles. The van der Waals surface area contributed by atoms with Gasteiger partial charge >= 0.3 is 11.9 Å². The lowest BCUT2D eigenvalue weighted by atomic mass is 10.1. The Hall–Kier alpha value is -5.62. The van der Waals surface area contributed by atoms with E-state index in [9.17, 15) is 9.59 Å². The summed E-state index contributed by atoms with van der Waals surface area (Å²) in [7, 11) is 0. The summed E-state index contributed by atoms with van der Waals surface area (Å²) in [6.45, 7) is 10.6. The second kappa shape index (κ2) is 17.2. The molecule has 5 aromatic carbocycles. The van der Waals surface area contributed by atoms with Gasteiger partial charge in [-0.25, -0.2) is 19.6 Å². The maximum Gasteiger partial charge on any atom is 0.343 e. The van der Waals surface area contributed by atoms with E-state index in [-0.39, 0.29) is 6.29 Å². The van der Waals surface area contributed by atoms with E-state index in [1.165, 1.54) is 0 Å². The minimum absolute atomic E-state index is 0.0482. The van der Waals surface area contributed by atoms with Crippen molar-refractivity contribution in [2.45, 2.75) is 46.8 Å². The average Bonchev–Trinajstić information content (AvgIpc) is 3.91. The number of benzene rings is 5. The first-order valence-electron chi connectivity index (χ1n) is 18.4. The molecule has 1 saturated heterocycles. The SMILES string of the molecule is Cc1ccc(OC(=O)c2ccc(OC(=O)c3ccc4cc(OCCCOC5CO5)ccc4c3)c(C)c2)c(/C=N/N(CCC(C)C)c2nc3ccccc3s2)c1. The van der Waals surface area contributed by atoms with Gasteiger partial charge in [0.1, 0.15) is 23.9 Å². The van der Waals surface area contributed by atoms with Crippen LogP contribution in [0.15, 0.2) is 102 Å². The largest absolute Gasteiger partial charge is 0.493 e. The smallest absolute Gasteiger partial charge is 0.343 e. The Balaban J connectivity index is 0.996. The monoisotopic (exact) mass is 757 g/mol. The van der Waals surface area contributed by atoms with Gasteiger partial charge in [0.25, 0.3) is 0 Å². The Morgan fingerprint density at radius 2 is 1.62 bits per heavy atom. The van der Waals surface area contributed by atoms with Crippen LogP contribution in [0.3, 0.4) is 0 Å². The molecule has 0 N–H and O–H groups in total. The van der Waals surface area contributed by atoms with E-state index >= 15 is 0 Å². The molecule has 0 spiro atoms. The summed E-state index contributed by atoms with van der Waals surface area (Å²) in [6, 6.07) is 29.6. The van der Waals surface area contributed by atoms with Crippen LogP contribution in [0.2, 0.25) is 0 Å². The summed E-state index contributed by atoms with van der Waals surface area (Å²) in [5.41, 5.74) is 3.93. The summed E-state index contributed by atoms with van der Waals surface area (Å²) >= 11 is 1.59. The number of carbonyl (C=O) groups is 2. The molecule has 0 saturated carbocycles. The first kappa shape index (κ1) is 37.7. The number of esters is 2. The van der Waals surface area contributed by atoms with Gasteiger partial charge in [0.05, 0.1) is 40.8 Å². The van der Waals surface area contributed by atoms with E-state index < -0.39 is 11.9 Å². The van der Waals surface area contributed by atoms with Gasteiger partial charge in [-0.2, -0.15) is 5.10 Å². The third-order valence-corrected chi connectivity index (χ3v) is 10.0. The zero-order chi connectivity index (χ0) is 38.3. The highest BCUT2D eigenvalue weighted by Gasteiger charge is 2.22. The van der Waals surface area contributed by atoms with Gasteiger partial charge < -0.3 is 23.7 Å². The van der Waals surface area contributed by atoms with E-state index in [0.29, 0.717) is 66.0 Å². The number of ether oxygens (including phenoxy) is 5. The molecular weight excluding hydrogens is 715 g/mol. The number of hydrazone groups is 1. The van der Waals surface area contributed by atoms with Crippen molar-refractivity contribution < 1.29 is 33.3 Å². The fourth-order valence-corrected chi connectivity index (χ4v) is 6.74. The van der Waals surface area contributed by atoms with Crippen LogP contribution in [0.1, 0.15) is 64.1 Å². The minimum atomic E-state index is -0.540. The van der Waals surface area contributed by atoms with E-state index in [0.717, 1.165) is 50.3 Å². The second-order valence-electron chi connectivity index (χ2n) is 13.9. The molecule has 1 fully saturated rings. The number of hydrogen-bond donors (Lipinski definition) is 0. The molecule has 0 radical (unpaired) electrons. The van der Waals surface area contributed by atoms with Crippen molar-refractivity contribution >= 4 is 55.6 Å². The standard InChI is InChI=1S/C44H43N3O7S/c1-28(2)18-19-47(44-46-37-8-5-6-9-40(37)55-44)45-26-35-22-29(3)10-16-39(35)54-42(48)33-14-17-38(30(4)23-33)53-43(49)34-12-11-32-25-36(15-13-31(32)24-34)50-20-7-21-51-41-27-52-41/h5-6,8-17,22-26,28,41H,7,18-21,27H2,1-4H3/b45-26+. The maximum absolute atomic E-state index is 13.4. The van der Waals surface area contributed by atoms with Gasteiger partial charge in [-0.3, -0.25) is 0 Å². The van der Waals surface area contributed by atoms with Gasteiger partial charge in [0.2, 0.25) is 5.13 Å². The third kappa shape index (κ3) is 9.93. The molecule has 1 aromatic heterocycles. The number of aromatic nitrogens is 1.